The summed E-state index contributed by atoms with van der Waals surface area (Å²) in [5.74, 6) is 0.407. The summed E-state index contributed by atoms with van der Waals surface area (Å²) in [6.45, 7) is 4.66. The van der Waals surface area contributed by atoms with Crippen LogP contribution in [0.3, 0.4) is 0 Å². The van der Waals surface area contributed by atoms with Gasteiger partial charge in [0, 0.05) is 18.9 Å². The number of hydrogen-bond acceptors (Lipinski definition) is 7. The lowest BCUT2D eigenvalue weighted by Gasteiger charge is -2.07. The molecule has 0 atom stereocenters. The number of carbonyl (C=O) groups excluding carboxylic acids is 1. The highest BCUT2D eigenvalue weighted by Crippen LogP contribution is 2.33. The van der Waals surface area contributed by atoms with Crippen LogP contribution in [0, 0.1) is 6.92 Å². The number of aromatic nitrogens is 3. The quantitative estimate of drug-likeness (QED) is 0.725. The molecule has 23 heavy (non-hydrogen) atoms. The molecule has 3 aromatic rings. The topological polar surface area (TPSA) is 77.0 Å². The molecule has 0 spiro atoms. The maximum atomic E-state index is 12.0. The third kappa shape index (κ3) is 3.14. The highest BCUT2D eigenvalue weighted by molar-refractivity contribution is 7.20. The zero-order valence-corrected chi connectivity index (χ0v) is 13.7. The summed E-state index contributed by atoms with van der Waals surface area (Å²) in [5.41, 5.74) is 1.95. The summed E-state index contributed by atoms with van der Waals surface area (Å²) in [5, 5.41) is 4.17. The fraction of sp³-hybridized carbons (Fsp3) is 0.250. The molecular formula is C16H16N4O2S. The lowest BCUT2D eigenvalue weighted by atomic mass is 10.2. The maximum Gasteiger partial charge on any atom is 0.348 e. The van der Waals surface area contributed by atoms with Gasteiger partial charge in [-0.2, -0.15) is 0 Å². The smallest absolute Gasteiger partial charge is 0.348 e. The van der Waals surface area contributed by atoms with Gasteiger partial charge in [-0.3, -0.25) is 4.98 Å². The summed E-state index contributed by atoms with van der Waals surface area (Å²) >= 11 is 1.33. The Morgan fingerprint density at radius 3 is 2.83 bits per heavy atom. The molecular weight excluding hydrogens is 312 g/mol. The van der Waals surface area contributed by atoms with E-state index in [0.717, 1.165) is 27.2 Å². The second-order valence-corrected chi connectivity index (χ2v) is 5.89. The lowest BCUT2D eigenvalue weighted by Crippen LogP contribution is -2.04. The number of ether oxygens (including phenoxy) is 1. The fourth-order valence-electron chi connectivity index (χ4n) is 2.28. The largest absolute Gasteiger partial charge is 0.462 e. The Morgan fingerprint density at radius 1 is 1.30 bits per heavy atom. The summed E-state index contributed by atoms with van der Waals surface area (Å²) in [4.78, 5) is 26.0. The standard InChI is InChI=1S/C16H16N4O2S/c1-3-22-16(21)13-10(2)12-14(19-9-20-15(12)23-13)18-8-11-4-6-17-7-5-11/h4-7,9H,3,8H2,1-2H3,(H,18,19,20). The van der Waals surface area contributed by atoms with E-state index in [9.17, 15) is 4.79 Å². The van der Waals surface area contributed by atoms with Crippen molar-refractivity contribution in [2.24, 2.45) is 0 Å². The number of pyridine rings is 1. The molecule has 0 aliphatic heterocycles. The first-order valence-corrected chi connectivity index (χ1v) is 8.06. The SMILES string of the molecule is CCOC(=O)c1sc2ncnc(NCc3ccncc3)c2c1C. The molecule has 118 valence electrons. The van der Waals surface area contributed by atoms with Crippen LogP contribution in [-0.4, -0.2) is 27.5 Å². The van der Waals surface area contributed by atoms with Gasteiger partial charge in [0.25, 0.3) is 0 Å². The van der Waals surface area contributed by atoms with Crippen LogP contribution >= 0.6 is 11.3 Å². The van der Waals surface area contributed by atoms with Crippen LogP contribution in [-0.2, 0) is 11.3 Å². The number of rotatable bonds is 5. The zero-order chi connectivity index (χ0) is 16.2. The molecule has 0 aliphatic carbocycles. The second kappa shape index (κ2) is 6.70. The Morgan fingerprint density at radius 2 is 2.09 bits per heavy atom. The molecule has 0 unspecified atom stereocenters. The van der Waals surface area contributed by atoms with Gasteiger partial charge < -0.3 is 10.1 Å². The van der Waals surface area contributed by atoms with Gasteiger partial charge in [-0.1, -0.05) is 0 Å². The van der Waals surface area contributed by atoms with Crippen LogP contribution in [0.2, 0.25) is 0 Å². The number of carbonyl (C=O) groups is 1. The van der Waals surface area contributed by atoms with Crippen LogP contribution in [0.15, 0.2) is 30.9 Å². The first-order valence-electron chi connectivity index (χ1n) is 7.24. The summed E-state index contributed by atoms with van der Waals surface area (Å²) in [6.07, 6.45) is 5.00. The van der Waals surface area contributed by atoms with Crippen molar-refractivity contribution in [2.45, 2.75) is 20.4 Å². The predicted molar refractivity (Wildman–Crippen MR) is 89.7 cm³/mol. The number of nitrogens with one attached hydrogen (secondary N) is 1. The summed E-state index contributed by atoms with van der Waals surface area (Å²) in [7, 11) is 0. The van der Waals surface area contributed by atoms with Crippen molar-refractivity contribution in [3.8, 4) is 0 Å². The predicted octanol–water partition coefficient (Wildman–Crippen LogP) is 3.18. The molecule has 0 saturated carbocycles. The van der Waals surface area contributed by atoms with Gasteiger partial charge >= 0.3 is 5.97 Å². The maximum absolute atomic E-state index is 12.0. The molecule has 0 aromatic carbocycles. The highest BCUT2D eigenvalue weighted by Gasteiger charge is 2.19. The van der Waals surface area contributed by atoms with E-state index in [4.69, 9.17) is 4.74 Å². The third-order valence-corrected chi connectivity index (χ3v) is 4.58. The first kappa shape index (κ1) is 15.4. The van der Waals surface area contributed by atoms with Crippen molar-refractivity contribution in [3.05, 3.63) is 46.9 Å². The number of hydrogen-bond donors (Lipinski definition) is 1. The van der Waals surface area contributed by atoms with E-state index in [2.05, 4.69) is 20.3 Å². The van der Waals surface area contributed by atoms with Gasteiger partial charge in [0.2, 0.25) is 0 Å². The third-order valence-electron chi connectivity index (χ3n) is 3.40. The molecule has 6 nitrogen and oxygen atoms in total. The zero-order valence-electron chi connectivity index (χ0n) is 12.9. The molecule has 0 fully saturated rings. The highest BCUT2D eigenvalue weighted by atomic mass is 32.1. The normalized spacial score (nSPS) is 10.7. The summed E-state index contributed by atoms with van der Waals surface area (Å²) in [6, 6.07) is 3.88. The Labute approximate surface area is 137 Å². The van der Waals surface area contributed by atoms with Crippen molar-refractivity contribution in [3.63, 3.8) is 0 Å². The molecule has 3 aromatic heterocycles. The van der Waals surface area contributed by atoms with Crippen LogP contribution < -0.4 is 5.32 Å². The number of aryl methyl sites for hydroxylation is 1. The van der Waals surface area contributed by atoms with E-state index >= 15 is 0 Å². The average Bonchev–Trinajstić information content (AvgIpc) is 2.92. The van der Waals surface area contributed by atoms with E-state index in [-0.39, 0.29) is 5.97 Å². The average molecular weight is 328 g/mol. The van der Waals surface area contributed by atoms with Gasteiger partial charge in [0.05, 0.1) is 12.0 Å². The minimum absolute atomic E-state index is 0.312. The second-order valence-electron chi connectivity index (χ2n) is 4.89. The number of fused-ring (bicyclic) bond motifs is 1. The van der Waals surface area contributed by atoms with Crippen molar-refractivity contribution in [2.75, 3.05) is 11.9 Å². The van der Waals surface area contributed by atoms with Gasteiger partial charge in [0.15, 0.2) is 0 Å². The van der Waals surface area contributed by atoms with Crippen LogP contribution in [0.5, 0.6) is 0 Å². The number of esters is 1. The molecule has 0 amide bonds. The van der Waals surface area contributed by atoms with Crippen molar-refractivity contribution < 1.29 is 9.53 Å². The number of anilines is 1. The molecule has 3 rings (SSSR count). The van der Waals surface area contributed by atoms with Crippen molar-refractivity contribution in [1.82, 2.24) is 15.0 Å². The van der Waals surface area contributed by atoms with E-state index in [1.54, 1.807) is 19.3 Å². The van der Waals surface area contributed by atoms with E-state index in [1.165, 1.54) is 17.7 Å². The van der Waals surface area contributed by atoms with Crippen molar-refractivity contribution in [1.29, 1.82) is 0 Å². The summed E-state index contributed by atoms with van der Waals surface area (Å²) < 4.78 is 5.10. The van der Waals surface area contributed by atoms with Gasteiger partial charge in [-0.25, -0.2) is 14.8 Å². The Kier molecular flexibility index (Phi) is 4.47. The molecule has 7 heteroatoms. The number of thiophene rings is 1. The number of nitrogens with zero attached hydrogens (tertiary/aromatic N) is 3. The van der Waals surface area contributed by atoms with Gasteiger partial charge in [-0.05, 0) is 37.1 Å². The Balaban J connectivity index is 1.93. The van der Waals surface area contributed by atoms with Crippen LogP contribution in [0.4, 0.5) is 5.82 Å². The molecule has 3 heterocycles. The van der Waals surface area contributed by atoms with E-state index in [1.807, 2.05) is 19.1 Å². The molecule has 0 saturated heterocycles. The monoisotopic (exact) mass is 328 g/mol. The molecule has 0 aliphatic rings. The van der Waals surface area contributed by atoms with Crippen molar-refractivity contribution >= 4 is 33.3 Å². The molecule has 0 bridgehead atoms. The minimum Gasteiger partial charge on any atom is -0.462 e. The lowest BCUT2D eigenvalue weighted by molar-refractivity contribution is 0.0531. The molecule has 0 radical (unpaired) electrons. The van der Waals surface area contributed by atoms with E-state index in [0.29, 0.717) is 18.0 Å². The van der Waals surface area contributed by atoms with Gasteiger partial charge in [0.1, 0.15) is 21.9 Å². The van der Waals surface area contributed by atoms with Crippen LogP contribution in [0.1, 0.15) is 27.7 Å². The van der Waals surface area contributed by atoms with E-state index < -0.39 is 0 Å². The Hall–Kier alpha value is -2.54. The van der Waals surface area contributed by atoms with Gasteiger partial charge in [-0.15, -0.1) is 11.3 Å². The van der Waals surface area contributed by atoms with Crippen LogP contribution in [0.25, 0.3) is 10.2 Å². The molecule has 1 N–H and O–H groups in total. The Bertz CT molecular complexity index is 833. The fourth-order valence-corrected chi connectivity index (χ4v) is 3.33. The first-order chi connectivity index (χ1) is 11.2. The minimum atomic E-state index is -0.312.